The van der Waals surface area contributed by atoms with E-state index < -0.39 is 0 Å². The number of amidine groups is 1. The van der Waals surface area contributed by atoms with E-state index in [1.165, 1.54) is 0 Å². The Bertz CT molecular complexity index is 948. The zero-order chi connectivity index (χ0) is 20.4. The van der Waals surface area contributed by atoms with Crippen molar-refractivity contribution >= 4 is 57.4 Å². The molecule has 0 radical (unpaired) electrons. The van der Waals surface area contributed by atoms with Crippen LogP contribution in [0.15, 0.2) is 47.5 Å². The first-order valence-electron chi connectivity index (χ1n) is 9.76. The van der Waals surface area contributed by atoms with E-state index in [2.05, 4.69) is 49.3 Å². The van der Waals surface area contributed by atoms with Gasteiger partial charge in [-0.3, -0.25) is 4.79 Å². The van der Waals surface area contributed by atoms with Crippen molar-refractivity contribution in [1.82, 2.24) is 5.48 Å². The van der Waals surface area contributed by atoms with Crippen LogP contribution >= 0.6 is 22.9 Å². The van der Waals surface area contributed by atoms with Crippen molar-refractivity contribution in [3.63, 3.8) is 0 Å². The van der Waals surface area contributed by atoms with E-state index in [1.54, 1.807) is 11.8 Å². The summed E-state index contributed by atoms with van der Waals surface area (Å²) in [7, 11) is 0. The van der Waals surface area contributed by atoms with Crippen LogP contribution in [0, 0.1) is 0 Å². The number of hydrogen-bond donors (Lipinski definition) is 1. The zero-order valence-corrected chi connectivity index (χ0v) is 18.7. The Morgan fingerprint density at radius 2 is 2.00 bits per heavy atom. The molecule has 0 aromatic heterocycles. The van der Waals surface area contributed by atoms with E-state index in [0.717, 1.165) is 48.1 Å². The van der Waals surface area contributed by atoms with Gasteiger partial charge in [0.1, 0.15) is 0 Å². The molecular formula is C21H24IN5O2. The molecule has 2 heterocycles. The molecule has 2 aromatic rings. The minimum Gasteiger partial charge on any atom is -0.381 e. The topological polar surface area (TPSA) is 60.4 Å². The van der Waals surface area contributed by atoms with Gasteiger partial charge in [0.05, 0.1) is 52.2 Å². The molecule has 29 heavy (non-hydrogen) atoms. The fourth-order valence-corrected chi connectivity index (χ4v) is 4.28. The smallest absolute Gasteiger partial charge is 0.223 e. The molecule has 2 aliphatic rings. The Morgan fingerprint density at radius 3 is 2.79 bits per heavy atom. The molecule has 2 aliphatic heterocycles. The molecule has 0 unspecified atom stereocenters. The summed E-state index contributed by atoms with van der Waals surface area (Å²) in [6.45, 7) is 6.84. The van der Waals surface area contributed by atoms with Crippen molar-refractivity contribution in [2.24, 2.45) is 4.99 Å². The summed E-state index contributed by atoms with van der Waals surface area (Å²) in [4.78, 5) is 26.7. The first kappa shape index (κ1) is 19.8. The van der Waals surface area contributed by atoms with E-state index in [9.17, 15) is 4.79 Å². The van der Waals surface area contributed by atoms with Gasteiger partial charge in [-0.05, 0) is 30.7 Å². The van der Waals surface area contributed by atoms with Gasteiger partial charge in [0.2, 0.25) is 5.91 Å². The number of hydrogen-bond acceptors (Lipinski definition) is 6. The predicted molar refractivity (Wildman–Crippen MR) is 126 cm³/mol. The third kappa shape index (κ3) is 4.12. The molecule has 0 saturated heterocycles. The molecule has 0 bridgehead atoms. The molecule has 0 atom stereocenters. The molecular weight excluding hydrogens is 481 g/mol. The molecule has 7 nitrogen and oxygen atoms in total. The fourth-order valence-electron chi connectivity index (χ4n) is 3.66. The number of nitrogens with zero attached hydrogens (tertiary/aromatic N) is 4. The highest BCUT2D eigenvalue weighted by molar-refractivity contribution is 14.1. The Labute approximate surface area is 184 Å². The van der Waals surface area contributed by atoms with Crippen molar-refractivity contribution < 1.29 is 9.63 Å². The number of aliphatic imine (C=N–C) groups is 1. The minimum absolute atomic E-state index is 0.0318. The summed E-state index contributed by atoms with van der Waals surface area (Å²) in [5, 5.41) is 0. The number of anilines is 3. The second-order valence-electron chi connectivity index (χ2n) is 7.08. The lowest BCUT2D eigenvalue weighted by Crippen LogP contribution is -2.41. The Balaban J connectivity index is 1.53. The predicted octanol–water partition coefficient (Wildman–Crippen LogP) is 4.05. The van der Waals surface area contributed by atoms with Crippen LogP contribution in [0.25, 0.3) is 0 Å². The number of carbonyl (C=O) groups is 1. The van der Waals surface area contributed by atoms with Gasteiger partial charge >= 0.3 is 0 Å². The number of rotatable bonds is 4. The highest BCUT2D eigenvalue weighted by Gasteiger charge is 2.25. The van der Waals surface area contributed by atoms with Crippen LogP contribution in [0.5, 0.6) is 5.75 Å². The summed E-state index contributed by atoms with van der Waals surface area (Å²) in [5.74, 6) is 1.43. The molecule has 1 amide bonds. The average Bonchev–Trinajstić information content (AvgIpc) is 2.72. The number of amides is 1. The molecule has 0 spiro atoms. The lowest BCUT2D eigenvalue weighted by atomic mass is 10.2. The lowest BCUT2D eigenvalue weighted by molar-refractivity contribution is -0.116. The number of benzene rings is 2. The van der Waals surface area contributed by atoms with E-state index in [0.29, 0.717) is 18.8 Å². The molecule has 8 heteroatoms. The number of para-hydroxylation sites is 2. The van der Waals surface area contributed by atoms with E-state index >= 15 is 0 Å². The van der Waals surface area contributed by atoms with Crippen molar-refractivity contribution in [3.05, 3.63) is 42.5 Å². The van der Waals surface area contributed by atoms with Crippen LogP contribution in [-0.4, -0.2) is 37.9 Å². The van der Waals surface area contributed by atoms with Crippen LogP contribution in [0.2, 0.25) is 0 Å². The third-order valence-corrected chi connectivity index (χ3v) is 6.00. The number of nitrogens with one attached hydrogen (secondary N) is 1. The second-order valence-corrected chi connectivity index (χ2v) is 8.24. The largest absolute Gasteiger partial charge is 0.381 e. The van der Waals surface area contributed by atoms with Gasteiger partial charge in [-0.15, -0.1) is 0 Å². The summed E-state index contributed by atoms with van der Waals surface area (Å²) in [6.07, 6.45) is 1.06. The monoisotopic (exact) mass is 505 g/mol. The van der Waals surface area contributed by atoms with Gasteiger partial charge in [-0.1, -0.05) is 19.1 Å². The van der Waals surface area contributed by atoms with E-state index in [1.807, 2.05) is 36.4 Å². The number of hydroxylamine groups is 1. The molecule has 1 N–H and O–H groups in total. The molecule has 0 saturated carbocycles. The number of carbonyl (C=O) groups excluding carboxylic acids is 1. The summed E-state index contributed by atoms with van der Waals surface area (Å²) in [5.41, 5.74) is 6.98. The normalized spacial score (nSPS) is 15.4. The molecule has 0 aliphatic carbocycles. The Kier molecular flexibility index (Phi) is 5.79. The first-order chi connectivity index (χ1) is 14.1. The highest BCUT2D eigenvalue weighted by atomic mass is 127. The Hall–Kier alpha value is -2.49. The van der Waals surface area contributed by atoms with Crippen LogP contribution in [0.1, 0.15) is 20.3 Å². The van der Waals surface area contributed by atoms with Gasteiger partial charge in [0.15, 0.2) is 11.6 Å². The van der Waals surface area contributed by atoms with Crippen LogP contribution < -0.4 is 23.2 Å². The van der Waals surface area contributed by atoms with E-state index in [4.69, 9.17) is 9.83 Å². The van der Waals surface area contributed by atoms with Crippen molar-refractivity contribution in [3.8, 4) is 5.75 Å². The van der Waals surface area contributed by atoms with Crippen LogP contribution in [0.3, 0.4) is 0 Å². The minimum atomic E-state index is 0.0318. The summed E-state index contributed by atoms with van der Waals surface area (Å²) < 4.78 is 2.12. The van der Waals surface area contributed by atoms with Gasteiger partial charge in [-0.25, -0.2) is 10.5 Å². The van der Waals surface area contributed by atoms with Crippen LogP contribution in [-0.2, 0) is 4.79 Å². The maximum Gasteiger partial charge on any atom is 0.223 e. The molecule has 152 valence electrons. The zero-order valence-electron chi connectivity index (χ0n) is 16.6. The number of fused-ring (bicyclic) bond motifs is 2. The quantitative estimate of drug-likeness (QED) is 0.386. The van der Waals surface area contributed by atoms with Crippen molar-refractivity contribution in [2.45, 2.75) is 20.3 Å². The highest BCUT2D eigenvalue weighted by Crippen LogP contribution is 2.38. The SMILES string of the molecule is CCCN1CC(NOc2ccc3c(c2)N(C(C)=O)CCN3I)=Nc2ccccc21. The standard InChI is InChI=1S/C21H24IN5O2/c1-3-10-25-14-21(23-17-6-4-5-7-18(17)25)24-29-16-8-9-19-20(13-16)26(15(2)28)11-12-27(19)22/h4-9,13H,3,10-12,14H2,1-2H3,(H,23,24). The second kappa shape index (κ2) is 8.48. The summed E-state index contributed by atoms with van der Waals surface area (Å²) >= 11 is 2.27. The van der Waals surface area contributed by atoms with Gasteiger partial charge in [0, 0.05) is 32.6 Å². The third-order valence-electron chi connectivity index (χ3n) is 5.00. The Morgan fingerprint density at radius 1 is 1.17 bits per heavy atom. The maximum atomic E-state index is 12.0. The molecule has 4 rings (SSSR count). The van der Waals surface area contributed by atoms with E-state index in [-0.39, 0.29) is 5.91 Å². The van der Waals surface area contributed by atoms with Gasteiger partial charge < -0.3 is 17.8 Å². The molecule has 2 aromatic carbocycles. The van der Waals surface area contributed by atoms with Crippen molar-refractivity contribution in [2.75, 3.05) is 39.1 Å². The van der Waals surface area contributed by atoms with Gasteiger partial charge in [-0.2, -0.15) is 0 Å². The van der Waals surface area contributed by atoms with Crippen LogP contribution in [0.4, 0.5) is 22.7 Å². The maximum absolute atomic E-state index is 12.0. The number of halogens is 1. The lowest BCUT2D eigenvalue weighted by Gasteiger charge is -2.34. The fraction of sp³-hybridized carbons (Fsp3) is 0.333. The summed E-state index contributed by atoms with van der Waals surface area (Å²) in [6, 6.07) is 13.9. The average molecular weight is 505 g/mol. The molecule has 0 fully saturated rings. The van der Waals surface area contributed by atoms with Gasteiger partial charge in [0.25, 0.3) is 0 Å². The first-order valence-corrected chi connectivity index (χ1v) is 10.7. The van der Waals surface area contributed by atoms with Crippen molar-refractivity contribution in [1.29, 1.82) is 0 Å².